The summed E-state index contributed by atoms with van der Waals surface area (Å²) < 4.78 is 61.6. The summed E-state index contributed by atoms with van der Waals surface area (Å²) in [5.41, 5.74) is 0.305. The fourth-order valence-corrected chi connectivity index (χ4v) is 3.68. The molecule has 1 N–H and O–H groups in total. The topological polar surface area (TPSA) is 83.6 Å². The molecule has 2 aliphatic rings. The molecule has 2 aromatic rings. The minimum Gasteiger partial charge on any atom is -0.322 e. The summed E-state index contributed by atoms with van der Waals surface area (Å²) in [6, 6.07) is 6.02. The molecule has 0 aliphatic carbocycles. The van der Waals surface area contributed by atoms with E-state index in [-0.39, 0.29) is 23.6 Å². The number of carbonyl (C=O) groups excluding carboxylic acids is 4. The van der Waals surface area contributed by atoms with Crippen LogP contribution in [0.25, 0.3) is 0 Å². The highest BCUT2D eigenvalue weighted by atomic mass is 35.5. The first-order valence-corrected chi connectivity index (χ1v) is 9.97. The number of rotatable bonds is 6. The van der Waals surface area contributed by atoms with E-state index in [9.17, 15) is 28.0 Å². The molecule has 0 saturated carbocycles. The van der Waals surface area contributed by atoms with E-state index < -0.39 is 60.2 Å². The summed E-state index contributed by atoms with van der Waals surface area (Å²) in [6.07, 6.45) is -5.72. The van der Waals surface area contributed by atoms with Gasteiger partial charge in [0.2, 0.25) is 17.6 Å². The summed E-state index contributed by atoms with van der Waals surface area (Å²) >= 11 is 5.71. The van der Waals surface area contributed by atoms with E-state index in [1.165, 1.54) is 30.3 Å². The maximum Gasteiger partial charge on any atom is 0.330 e. The van der Waals surface area contributed by atoms with Crippen LogP contribution in [0.3, 0.4) is 0 Å². The Labute approximate surface area is 193 Å². The fourth-order valence-electron chi connectivity index (χ4n) is 3.55. The van der Waals surface area contributed by atoms with Crippen LogP contribution in [0, 0.1) is 0 Å². The Balaban J connectivity index is 1.52. The maximum atomic E-state index is 14.5. The van der Waals surface area contributed by atoms with Gasteiger partial charge in [0.1, 0.15) is 6.02 Å². The third-order valence-corrected chi connectivity index (χ3v) is 5.49. The number of nitrogens with one attached hydrogen (secondary N) is 1. The van der Waals surface area contributed by atoms with Gasteiger partial charge in [0.05, 0.1) is 1.37 Å². The monoisotopic (exact) mass is 464 g/mol. The Kier molecular flexibility index (Phi) is 4.59. The van der Waals surface area contributed by atoms with Crippen molar-refractivity contribution in [3.05, 3.63) is 69.7 Å². The number of hydrogen-bond donors (Lipinski definition) is 1. The highest BCUT2D eigenvalue weighted by molar-refractivity contribution is 6.30. The van der Waals surface area contributed by atoms with Crippen molar-refractivity contribution in [2.75, 3.05) is 0 Å². The molecule has 1 saturated heterocycles. The van der Waals surface area contributed by atoms with E-state index in [0.29, 0.717) is 16.0 Å². The minimum atomic E-state index is -3.73. The van der Waals surface area contributed by atoms with E-state index in [1.807, 2.05) is 0 Å². The average molecular weight is 465 g/mol. The molecule has 0 spiro atoms. The standard InChI is InChI=1S/C23H19ClF2N2O4/c24-16-5-3-15(4-6-16)23(25,26)19(29)9-2-13-1-7-17-14(11-13)12-28(22(17)32)18-8-10-20(30)27-21(18)31/h1,3-7,11,18H,2,8-10,12H2,(H,27,30,31)/t18-/m1/s1/i8D2,10D,18D/t10?,18-. The molecule has 0 bridgehead atoms. The zero-order chi connectivity index (χ0) is 26.6. The van der Waals surface area contributed by atoms with Gasteiger partial charge in [-0.15, -0.1) is 0 Å². The lowest BCUT2D eigenvalue weighted by atomic mass is 9.97. The Morgan fingerprint density at radius 2 is 1.94 bits per heavy atom. The molecule has 2 atom stereocenters. The summed E-state index contributed by atoms with van der Waals surface area (Å²) in [6.45, 7) is -0.381. The molecular weight excluding hydrogens is 442 g/mol. The zero-order valence-corrected chi connectivity index (χ0v) is 17.2. The van der Waals surface area contributed by atoms with Crippen molar-refractivity contribution in [3.8, 4) is 0 Å². The number of ketones is 1. The van der Waals surface area contributed by atoms with E-state index >= 15 is 0 Å². The van der Waals surface area contributed by atoms with Crippen molar-refractivity contribution in [3.63, 3.8) is 0 Å². The predicted molar refractivity (Wildman–Crippen MR) is 111 cm³/mol. The van der Waals surface area contributed by atoms with Crippen LogP contribution in [0.15, 0.2) is 42.5 Å². The lowest BCUT2D eigenvalue weighted by molar-refractivity contribution is -0.144. The van der Waals surface area contributed by atoms with Gasteiger partial charge in [0.15, 0.2) is 0 Å². The van der Waals surface area contributed by atoms with Crippen molar-refractivity contribution >= 4 is 35.1 Å². The van der Waals surface area contributed by atoms with Gasteiger partial charge >= 0.3 is 5.92 Å². The van der Waals surface area contributed by atoms with E-state index in [2.05, 4.69) is 0 Å². The number of piperidine rings is 1. The van der Waals surface area contributed by atoms with E-state index in [1.54, 1.807) is 5.32 Å². The molecule has 1 fully saturated rings. The number of hydrogen-bond acceptors (Lipinski definition) is 4. The van der Waals surface area contributed by atoms with Crippen LogP contribution in [0.5, 0.6) is 0 Å². The molecule has 4 rings (SSSR count). The van der Waals surface area contributed by atoms with E-state index in [0.717, 1.165) is 12.1 Å². The highest BCUT2D eigenvalue weighted by Crippen LogP contribution is 2.32. The van der Waals surface area contributed by atoms with Gasteiger partial charge in [0.25, 0.3) is 5.91 Å². The van der Waals surface area contributed by atoms with Gasteiger partial charge in [-0.2, -0.15) is 8.78 Å². The van der Waals surface area contributed by atoms with Gasteiger partial charge in [-0.3, -0.25) is 24.5 Å². The Morgan fingerprint density at radius 3 is 2.66 bits per heavy atom. The quantitative estimate of drug-likeness (QED) is 0.664. The van der Waals surface area contributed by atoms with Gasteiger partial charge < -0.3 is 4.90 Å². The van der Waals surface area contributed by atoms with Crippen molar-refractivity contribution in [2.45, 2.75) is 44.1 Å². The molecule has 6 nitrogen and oxygen atoms in total. The third-order valence-electron chi connectivity index (χ3n) is 5.23. The Hall–Kier alpha value is -3.13. The van der Waals surface area contributed by atoms with Gasteiger partial charge in [-0.1, -0.05) is 35.9 Å². The zero-order valence-electron chi connectivity index (χ0n) is 20.5. The molecule has 2 aromatic carbocycles. The first kappa shape index (κ1) is 17.4. The number of benzene rings is 2. The number of fused-ring (bicyclic) bond motifs is 1. The van der Waals surface area contributed by atoms with E-state index in [4.69, 9.17) is 17.1 Å². The van der Waals surface area contributed by atoms with Crippen LogP contribution in [-0.2, 0) is 33.3 Å². The van der Waals surface area contributed by atoms with Crippen LogP contribution in [0.4, 0.5) is 8.78 Å². The van der Waals surface area contributed by atoms with Crippen LogP contribution in [0.2, 0.25) is 5.02 Å². The third kappa shape index (κ3) is 4.14. The predicted octanol–water partition coefficient (Wildman–Crippen LogP) is 3.39. The molecule has 2 aliphatic heterocycles. The van der Waals surface area contributed by atoms with Gasteiger partial charge in [0, 0.05) is 39.6 Å². The maximum absolute atomic E-state index is 14.5. The van der Waals surface area contributed by atoms with Crippen molar-refractivity contribution in [1.82, 2.24) is 10.2 Å². The van der Waals surface area contributed by atoms with Crippen LogP contribution in [-0.4, -0.2) is 34.4 Å². The number of nitrogens with zero attached hydrogens (tertiary/aromatic N) is 1. The molecule has 2 heterocycles. The van der Waals surface area contributed by atoms with Gasteiger partial charge in [-0.25, -0.2) is 0 Å². The molecule has 32 heavy (non-hydrogen) atoms. The SMILES string of the molecule is [2H]C1C(=O)NC(=O)[C@]([2H])(N2Cc3cc(CCC(=O)C(F)(F)c4ccc(Cl)cc4)ccc3C2=O)C1([2H])[2H]. The molecular formula is C23H19ClF2N2O4. The number of halogens is 3. The summed E-state index contributed by atoms with van der Waals surface area (Å²) in [5, 5.41) is 2.02. The fraction of sp³-hybridized carbons (Fsp3) is 0.304. The van der Waals surface area contributed by atoms with Crippen LogP contribution in [0.1, 0.15) is 51.7 Å². The molecule has 1 unspecified atom stereocenters. The second kappa shape index (κ2) is 8.43. The Morgan fingerprint density at radius 1 is 1.22 bits per heavy atom. The second-order valence-electron chi connectivity index (χ2n) is 7.34. The van der Waals surface area contributed by atoms with Crippen LogP contribution < -0.4 is 5.32 Å². The summed E-state index contributed by atoms with van der Waals surface area (Å²) in [5.74, 6) is -8.46. The number of alkyl halides is 2. The first-order chi connectivity index (χ1) is 16.7. The lowest BCUT2D eigenvalue weighted by Gasteiger charge is -2.29. The normalized spacial score (nSPS) is 26.5. The number of aryl methyl sites for hydroxylation is 1. The second-order valence-corrected chi connectivity index (χ2v) is 7.78. The number of carbonyl (C=O) groups is 4. The Bertz CT molecular complexity index is 1290. The molecule has 0 radical (unpaired) electrons. The smallest absolute Gasteiger partial charge is 0.322 e. The van der Waals surface area contributed by atoms with Crippen LogP contribution >= 0.6 is 11.6 Å². The van der Waals surface area contributed by atoms with Crippen molar-refractivity contribution in [1.29, 1.82) is 0 Å². The average Bonchev–Trinajstić information content (AvgIpc) is 3.16. The first-order valence-electron chi connectivity index (χ1n) is 11.7. The molecule has 3 amide bonds. The molecule has 166 valence electrons. The highest BCUT2D eigenvalue weighted by Gasteiger charge is 2.41. The summed E-state index contributed by atoms with van der Waals surface area (Å²) in [4.78, 5) is 50.1. The number of amides is 3. The molecule has 9 heteroatoms. The largest absolute Gasteiger partial charge is 0.330 e. The van der Waals surface area contributed by atoms with Crippen molar-refractivity contribution in [2.24, 2.45) is 0 Å². The molecule has 0 aromatic heterocycles. The summed E-state index contributed by atoms with van der Waals surface area (Å²) in [7, 11) is 0. The van der Waals surface area contributed by atoms with Crippen molar-refractivity contribution < 1.29 is 33.4 Å². The van der Waals surface area contributed by atoms with Gasteiger partial charge in [-0.05, 0) is 42.1 Å². The minimum absolute atomic E-state index is 0.0604. The lowest BCUT2D eigenvalue weighted by Crippen LogP contribution is -2.52. The number of imide groups is 1. The number of Topliss-reactive ketones (excluding diaryl/α,β-unsaturated/α-hetero) is 1.